The minimum absolute atomic E-state index is 0.444. The summed E-state index contributed by atoms with van der Waals surface area (Å²) in [6.07, 6.45) is 0. The zero-order valence-electron chi connectivity index (χ0n) is 11.6. The largest absolute Gasteiger partial charge is 0.493 e. The molecule has 3 aromatic rings. The zero-order valence-corrected chi connectivity index (χ0v) is 13.8. The number of halogens is 1. The highest BCUT2D eigenvalue weighted by molar-refractivity contribution is 14.1. The summed E-state index contributed by atoms with van der Waals surface area (Å²) in [5.74, 6) is 1.78. The van der Waals surface area contributed by atoms with Crippen LogP contribution in [0.4, 0.5) is 5.95 Å². The fourth-order valence-electron chi connectivity index (χ4n) is 2.31. The van der Waals surface area contributed by atoms with Gasteiger partial charge in [-0.2, -0.15) is 0 Å². The average molecular weight is 395 g/mol. The fraction of sp³-hybridized carbons (Fsp3) is 0.133. The molecule has 0 saturated carbocycles. The highest BCUT2D eigenvalue weighted by Gasteiger charge is 2.12. The molecule has 0 aliphatic heterocycles. The summed E-state index contributed by atoms with van der Waals surface area (Å²) in [6, 6.07) is 11.7. The highest BCUT2D eigenvalue weighted by atomic mass is 127. The molecule has 1 aromatic heterocycles. The summed E-state index contributed by atoms with van der Waals surface area (Å²) in [5, 5.41) is 0. The number of nitrogens with zero attached hydrogens (tertiary/aromatic N) is 2. The predicted octanol–water partition coefficient (Wildman–Crippen LogP) is 3.23. The van der Waals surface area contributed by atoms with Crippen molar-refractivity contribution in [3.8, 4) is 17.2 Å². The van der Waals surface area contributed by atoms with Crippen molar-refractivity contribution in [1.82, 2.24) is 9.55 Å². The van der Waals surface area contributed by atoms with Crippen LogP contribution in [0, 0.1) is 3.57 Å². The quantitative estimate of drug-likeness (QED) is 0.692. The number of nitrogen functional groups attached to an aromatic ring is 1. The Balaban J connectivity index is 2.22. The van der Waals surface area contributed by atoms with Crippen molar-refractivity contribution < 1.29 is 9.47 Å². The molecule has 0 aliphatic carbocycles. The molecule has 3 rings (SSSR count). The van der Waals surface area contributed by atoms with Gasteiger partial charge in [0.2, 0.25) is 5.95 Å². The number of hydrogen-bond donors (Lipinski definition) is 1. The van der Waals surface area contributed by atoms with Crippen molar-refractivity contribution in [2.24, 2.45) is 0 Å². The maximum absolute atomic E-state index is 6.07. The standard InChI is InChI=1S/C15H14IN3O2/c1-20-13-6-4-10(8-14(13)21-2)19-12-5-3-9(16)7-11(12)18-15(19)17/h3-8H,1-2H3,(H2,17,18). The molecule has 0 aliphatic rings. The number of nitrogens with two attached hydrogens (primary N) is 1. The second kappa shape index (κ2) is 5.44. The molecule has 0 fully saturated rings. The molecular formula is C15H14IN3O2. The van der Waals surface area contributed by atoms with E-state index >= 15 is 0 Å². The summed E-state index contributed by atoms with van der Waals surface area (Å²) in [5.41, 5.74) is 8.79. The van der Waals surface area contributed by atoms with Crippen LogP contribution in [0.3, 0.4) is 0 Å². The van der Waals surface area contributed by atoms with Crippen molar-refractivity contribution in [3.05, 3.63) is 40.0 Å². The Hall–Kier alpha value is -1.96. The second-order valence-electron chi connectivity index (χ2n) is 4.48. The Bertz CT molecular complexity index is 814. The van der Waals surface area contributed by atoms with Gasteiger partial charge < -0.3 is 15.2 Å². The van der Waals surface area contributed by atoms with Crippen molar-refractivity contribution >= 4 is 39.6 Å². The third-order valence-electron chi connectivity index (χ3n) is 3.27. The lowest BCUT2D eigenvalue weighted by Crippen LogP contribution is -2.01. The number of rotatable bonds is 3. The van der Waals surface area contributed by atoms with Gasteiger partial charge in [-0.15, -0.1) is 0 Å². The van der Waals surface area contributed by atoms with E-state index in [4.69, 9.17) is 15.2 Å². The van der Waals surface area contributed by atoms with Crippen LogP contribution in [-0.4, -0.2) is 23.8 Å². The molecule has 0 atom stereocenters. The molecule has 0 radical (unpaired) electrons. The van der Waals surface area contributed by atoms with E-state index < -0.39 is 0 Å². The third kappa shape index (κ3) is 2.39. The van der Waals surface area contributed by atoms with E-state index in [-0.39, 0.29) is 0 Å². The molecule has 0 amide bonds. The number of ether oxygens (including phenoxy) is 2. The maximum atomic E-state index is 6.07. The van der Waals surface area contributed by atoms with E-state index in [9.17, 15) is 0 Å². The molecule has 2 N–H and O–H groups in total. The van der Waals surface area contributed by atoms with Gasteiger partial charge in [0, 0.05) is 9.64 Å². The SMILES string of the molecule is COc1ccc(-n2c(N)nc3cc(I)ccc32)cc1OC. The Morgan fingerprint density at radius 3 is 2.52 bits per heavy atom. The average Bonchev–Trinajstić information content (AvgIpc) is 2.81. The minimum Gasteiger partial charge on any atom is -0.493 e. The van der Waals surface area contributed by atoms with Crippen molar-refractivity contribution in [1.29, 1.82) is 0 Å². The number of imidazole rings is 1. The Labute approximate surface area is 135 Å². The number of methoxy groups -OCH3 is 2. The normalized spacial score (nSPS) is 10.8. The van der Waals surface area contributed by atoms with Crippen LogP contribution in [0.2, 0.25) is 0 Å². The van der Waals surface area contributed by atoms with Crippen LogP contribution < -0.4 is 15.2 Å². The molecule has 5 nitrogen and oxygen atoms in total. The van der Waals surface area contributed by atoms with E-state index in [1.807, 2.05) is 41.0 Å². The van der Waals surface area contributed by atoms with Crippen LogP contribution in [0.1, 0.15) is 0 Å². The van der Waals surface area contributed by atoms with E-state index in [0.29, 0.717) is 17.4 Å². The molecular weight excluding hydrogens is 381 g/mol. The molecule has 0 bridgehead atoms. The first kappa shape index (κ1) is 14.0. The Morgan fingerprint density at radius 2 is 1.81 bits per heavy atom. The van der Waals surface area contributed by atoms with Crippen LogP contribution >= 0.6 is 22.6 Å². The highest BCUT2D eigenvalue weighted by Crippen LogP contribution is 2.32. The second-order valence-corrected chi connectivity index (χ2v) is 5.72. The van der Waals surface area contributed by atoms with E-state index in [2.05, 4.69) is 27.6 Å². The van der Waals surface area contributed by atoms with Crippen molar-refractivity contribution in [3.63, 3.8) is 0 Å². The van der Waals surface area contributed by atoms with Crippen molar-refractivity contribution in [2.45, 2.75) is 0 Å². The van der Waals surface area contributed by atoms with Gasteiger partial charge >= 0.3 is 0 Å². The van der Waals surface area contributed by atoms with Gasteiger partial charge in [0.05, 0.1) is 30.9 Å². The van der Waals surface area contributed by atoms with Gasteiger partial charge in [0.15, 0.2) is 11.5 Å². The lowest BCUT2D eigenvalue weighted by Gasteiger charge is -2.11. The number of fused-ring (bicyclic) bond motifs is 1. The molecule has 1 heterocycles. The molecule has 2 aromatic carbocycles. The molecule has 0 spiro atoms. The number of anilines is 1. The lowest BCUT2D eigenvalue weighted by molar-refractivity contribution is 0.355. The first-order valence-electron chi connectivity index (χ1n) is 6.30. The van der Waals surface area contributed by atoms with Gasteiger partial charge in [0.1, 0.15) is 0 Å². The summed E-state index contributed by atoms with van der Waals surface area (Å²) in [4.78, 5) is 4.41. The van der Waals surface area contributed by atoms with E-state index in [0.717, 1.165) is 20.3 Å². The topological polar surface area (TPSA) is 62.3 Å². The molecule has 0 saturated heterocycles. The van der Waals surface area contributed by atoms with Gasteiger partial charge in [-0.25, -0.2) is 4.98 Å². The smallest absolute Gasteiger partial charge is 0.205 e. The number of aromatic nitrogens is 2. The maximum Gasteiger partial charge on any atom is 0.205 e. The summed E-state index contributed by atoms with van der Waals surface area (Å²) in [7, 11) is 3.22. The first-order chi connectivity index (χ1) is 10.1. The van der Waals surface area contributed by atoms with Crippen molar-refractivity contribution in [2.75, 3.05) is 20.0 Å². The van der Waals surface area contributed by atoms with E-state index in [1.54, 1.807) is 14.2 Å². The first-order valence-corrected chi connectivity index (χ1v) is 7.38. The van der Waals surface area contributed by atoms with Gasteiger partial charge in [0.25, 0.3) is 0 Å². The minimum atomic E-state index is 0.444. The fourth-order valence-corrected chi connectivity index (χ4v) is 2.78. The Morgan fingerprint density at radius 1 is 1.05 bits per heavy atom. The van der Waals surface area contributed by atoms with Crippen LogP contribution in [-0.2, 0) is 0 Å². The van der Waals surface area contributed by atoms with Crippen LogP contribution in [0.25, 0.3) is 16.7 Å². The van der Waals surface area contributed by atoms with E-state index in [1.165, 1.54) is 0 Å². The molecule has 6 heteroatoms. The summed E-state index contributed by atoms with van der Waals surface area (Å²) >= 11 is 2.26. The number of benzene rings is 2. The zero-order chi connectivity index (χ0) is 15.0. The van der Waals surface area contributed by atoms with Gasteiger partial charge in [-0.3, -0.25) is 4.57 Å². The van der Waals surface area contributed by atoms with Gasteiger partial charge in [-0.1, -0.05) is 0 Å². The third-order valence-corrected chi connectivity index (χ3v) is 3.94. The number of hydrogen-bond acceptors (Lipinski definition) is 4. The molecule has 21 heavy (non-hydrogen) atoms. The predicted molar refractivity (Wildman–Crippen MR) is 91.3 cm³/mol. The van der Waals surface area contributed by atoms with Crippen LogP contribution in [0.5, 0.6) is 11.5 Å². The molecule has 108 valence electrons. The van der Waals surface area contributed by atoms with Gasteiger partial charge in [-0.05, 0) is 52.9 Å². The Kier molecular flexibility index (Phi) is 3.62. The lowest BCUT2D eigenvalue weighted by atomic mass is 10.2. The summed E-state index contributed by atoms with van der Waals surface area (Å²) in [6.45, 7) is 0. The monoisotopic (exact) mass is 395 g/mol. The van der Waals surface area contributed by atoms with Crippen LogP contribution in [0.15, 0.2) is 36.4 Å². The molecule has 0 unspecified atom stereocenters. The summed E-state index contributed by atoms with van der Waals surface area (Å²) < 4.78 is 13.6.